The number of carbonyl (C=O) groups excluding carboxylic acids is 4. The first-order valence-electron chi connectivity index (χ1n) is 32.7. The molecule has 23 heteroatoms. The second-order valence-corrected chi connectivity index (χ2v) is 26.7. The molecule has 94 heavy (non-hydrogen) atoms. The van der Waals surface area contributed by atoms with Gasteiger partial charge in [0.2, 0.25) is 23.4 Å². The zero-order valence-corrected chi connectivity index (χ0v) is 55.3. The third-order valence-corrected chi connectivity index (χ3v) is 18.1. The Labute approximate surface area is 550 Å². The highest BCUT2D eigenvalue weighted by Gasteiger charge is 2.45. The summed E-state index contributed by atoms with van der Waals surface area (Å²) in [6.07, 6.45) is 21.8. The van der Waals surface area contributed by atoms with Gasteiger partial charge < -0.3 is 56.5 Å². The van der Waals surface area contributed by atoms with Crippen LogP contribution < -0.4 is 31.5 Å². The molecule has 0 bridgehead atoms. The Morgan fingerprint density at radius 1 is 0.532 bits per heavy atom. The number of carboxylic acid groups (broad SMARTS) is 4. The summed E-state index contributed by atoms with van der Waals surface area (Å²) >= 11 is 0. The van der Waals surface area contributed by atoms with Crippen LogP contribution in [0, 0.1) is 0 Å². The summed E-state index contributed by atoms with van der Waals surface area (Å²) in [5.41, 5.74) is 6.35. The number of amides is 5. The van der Waals surface area contributed by atoms with Crippen LogP contribution in [-0.2, 0) is 54.5 Å². The minimum absolute atomic E-state index is 0.00116. The number of benzene rings is 4. The van der Waals surface area contributed by atoms with Gasteiger partial charge in [0.15, 0.2) is 5.71 Å². The number of rotatable bonds is 41. The number of nitrogens with one attached hydrogen (secondary N) is 5. The molecule has 1 unspecified atom stereocenters. The van der Waals surface area contributed by atoms with Crippen LogP contribution in [0.1, 0.15) is 167 Å². The Morgan fingerprint density at radius 3 is 1.62 bits per heavy atom. The SMILES string of the molecule is CC1(C)C(/C=C/C=C/C=C/C=C2/N(CCCCS(=O)(=O)[O-])c3ccc4ccccc4c3C2(C)C)=[N+](CCCCCC(=O)NCCCCC(NC(=O)CCCCCCC(=O)NCCCC[C@H](NC(=O)N[C@@H](CCC(=O)O)C(=O)O)C(=O)O)C(=O)O)c2ccc3ccccc3c21. The van der Waals surface area contributed by atoms with E-state index in [1.807, 2.05) is 36.4 Å². The summed E-state index contributed by atoms with van der Waals surface area (Å²) in [6.45, 7) is 10.9. The van der Waals surface area contributed by atoms with E-state index < -0.39 is 64.6 Å². The van der Waals surface area contributed by atoms with Gasteiger partial charge in [0, 0.05) is 92.0 Å². The molecule has 0 saturated heterocycles. The number of fused-ring (bicyclic) bond motifs is 6. The molecule has 5 amide bonds. The minimum Gasteiger partial charge on any atom is -0.748 e. The molecule has 4 aromatic carbocycles. The molecule has 0 spiro atoms. The lowest BCUT2D eigenvalue weighted by atomic mass is 9.79. The van der Waals surface area contributed by atoms with Crippen molar-refractivity contribution in [3.63, 3.8) is 0 Å². The Kier molecular flexibility index (Phi) is 28.5. The van der Waals surface area contributed by atoms with E-state index in [4.69, 9.17) is 5.11 Å². The largest absolute Gasteiger partial charge is 0.748 e. The van der Waals surface area contributed by atoms with Crippen LogP contribution in [0.4, 0.5) is 16.2 Å². The first kappa shape index (κ1) is 74.3. The third kappa shape index (κ3) is 22.2. The topological polar surface area (TPSA) is 341 Å². The van der Waals surface area contributed by atoms with Crippen molar-refractivity contribution in [2.24, 2.45) is 0 Å². The zero-order valence-electron chi connectivity index (χ0n) is 54.5. The molecule has 6 rings (SSSR count). The molecule has 508 valence electrons. The lowest BCUT2D eigenvalue weighted by Gasteiger charge is -2.27. The number of aliphatic carboxylic acids is 4. The van der Waals surface area contributed by atoms with Crippen LogP contribution in [0.15, 0.2) is 121 Å². The van der Waals surface area contributed by atoms with Gasteiger partial charge in [-0.15, -0.1) is 0 Å². The second kappa shape index (κ2) is 36.1. The smallest absolute Gasteiger partial charge is 0.326 e. The average Bonchev–Trinajstić information content (AvgIpc) is 1.58. The summed E-state index contributed by atoms with van der Waals surface area (Å²) in [6, 6.07) is 20.4. The number of hydrogen-bond acceptors (Lipinski definition) is 12. The van der Waals surface area contributed by atoms with E-state index in [1.165, 1.54) is 38.7 Å². The van der Waals surface area contributed by atoms with Gasteiger partial charge in [-0.05, 0) is 143 Å². The maximum atomic E-state index is 12.9. The molecule has 2 aliphatic heterocycles. The van der Waals surface area contributed by atoms with Gasteiger partial charge >= 0.3 is 29.9 Å². The molecular weight excluding hydrogens is 1220 g/mol. The molecule has 9 N–H and O–H groups in total. The number of urea groups is 1. The number of anilines is 1. The summed E-state index contributed by atoms with van der Waals surface area (Å²) < 4.78 is 36.6. The molecule has 0 aromatic heterocycles. The molecule has 22 nitrogen and oxygen atoms in total. The fraction of sp³-hybridized carbons (Fsp3) is 0.479. The van der Waals surface area contributed by atoms with Gasteiger partial charge in [-0.25, -0.2) is 27.6 Å². The maximum absolute atomic E-state index is 12.9. The normalized spacial score (nSPS) is 15.5. The Bertz CT molecular complexity index is 3630. The Hall–Kier alpha value is -8.70. The van der Waals surface area contributed by atoms with Crippen molar-refractivity contribution >= 4 is 96.4 Å². The van der Waals surface area contributed by atoms with Gasteiger partial charge in [0.25, 0.3) is 0 Å². The molecular formula is C71H93N7O15S. The fourth-order valence-electron chi connectivity index (χ4n) is 12.5. The number of hydrogen-bond donors (Lipinski definition) is 9. The van der Waals surface area contributed by atoms with Crippen molar-refractivity contribution in [1.82, 2.24) is 26.6 Å². The van der Waals surface area contributed by atoms with Crippen molar-refractivity contribution in [1.29, 1.82) is 0 Å². The average molecular weight is 1320 g/mol. The Balaban J connectivity index is 0.883. The van der Waals surface area contributed by atoms with Crippen LogP contribution >= 0.6 is 0 Å². The minimum atomic E-state index is -4.30. The predicted octanol–water partition coefficient (Wildman–Crippen LogP) is 10.2. The van der Waals surface area contributed by atoms with E-state index in [-0.39, 0.29) is 79.4 Å². The highest BCUT2D eigenvalue weighted by molar-refractivity contribution is 7.85. The summed E-state index contributed by atoms with van der Waals surface area (Å²) in [7, 11) is -4.30. The monoisotopic (exact) mass is 1320 g/mol. The van der Waals surface area contributed by atoms with Crippen LogP contribution in [0.25, 0.3) is 21.5 Å². The fourth-order valence-corrected chi connectivity index (χ4v) is 13.0. The second-order valence-electron chi connectivity index (χ2n) is 25.2. The molecule has 0 aliphatic carbocycles. The van der Waals surface area contributed by atoms with Crippen LogP contribution in [0.3, 0.4) is 0 Å². The number of allylic oxidation sites excluding steroid dienone is 8. The molecule has 0 fully saturated rings. The van der Waals surface area contributed by atoms with Crippen molar-refractivity contribution < 1.29 is 76.3 Å². The highest BCUT2D eigenvalue weighted by atomic mass is 32.2. The van der Waals surface area contributed by atoms with Crippen molar-refractivity contribution in [3.05, 3.63) is 132 Å². The van der Waals surface area contributed by atoms with Crippen molar-refractivity contribution in [3.8, 4) is 0 Å². The molecule has 3 atom stereocenters. The zero-order chi connectivity index (χ0) is 68.4. The van der Waals surface area contributed by atoms with Crippen molar-refractivity contribution in [2.45, 2.75) is 185 Å². The maximum Gasteiger partial charge on any atom is 0.326 e. The summed E-state index contributed by atoms with van der Waals surface area (Å²) in [4.78, 5) is 98.2. The molecule has 0 radical (unpaired) electrons. The van der Waals surface area contributed by atoms with Gasteiger partial charge in [-0.3, -0.25) is 19.2 Å². The molecule has 4 aromatic rings. The first-order valence-corrected chi connectivity index (χ1v) is 34.3. The van der Waals surface area contributed by atoms with E-state index in [0.717, 1.165) is 36.2 Å². The first-order chi connectivity index (χ1) is 44.8. The summed E-state index contributed by atoms with van der Waals surface area (Å²) in [5.74, 6) is -6.24. The number of nitrogens with zero attached hydrogens (tertiary/aromatic N) is 2. The quantitative estimate of drug-likeness (QED) is 0.00863. The lowest BCUT2D eigenvalue weighted by Crippen LogP contribution is -2.51. The van der Waals surface area contributed by atoms with Gasteiger partial charge in [-0.1, -0.05) is 112 Å². The predicted molar refractivity (Wildman–Crippen MR) is 361 cm³/mol. The van der Waals surface area contributed by atoms with Crippen LogP contribution in [0.5, 0.6) is 0 Å². The third-order valence-electron chi connectivity index (χ3n) is 17.3. The number of carboxylic acids is 4. The standard InChI is InChI=1S/C71H93N7O15S/c1-70(2)58(33-11-6-5-7-12-34-59-71(3,4)65-52-30-19-17-28-50(52)39-42-57(65)78(59)47-25-26-48-94(91,92)93)77(56-41-38-49-27-16-18-29-51(49)64(56)70)46-24-10-15-36-61(80)73-44-22-20-31-53(66(84)85)74-62(81)37-14-9-8-13-35-60(79)72-45-23-21-32-54(67(86)87)75-69(90)76-55(68(88)89)40-43-63(82)83/h5-7,11-12,16-19,27-30,33-34,38-39,41-42,53-55H,8-10,13-15,20-26,31-32,35-37,40,43-48H2,1-4H3,(H9-,72,73,74,75,76,79,80,81,82,83,84,85,86,87,88,89,90,91,92,93)/t53?,54-,55-/m0/s1. The number of carbonyl (C=O) groups is 8. The van der Waals surface area contributed by atoms with Crippen LogP contribution in [0.2, 0.25) is 0 Å². The van der Waals surface area contributed by atoms with Gasteiger partial charge in [0.1, 0.15) is 24.7 Å². The van der Waals surface area contributed by atoms with Gasteiger partial charge in [0.05, 0.1) is 15.5 Å². The van der Waals surface area contributed by atoms with Gasteiger partial charge in [-0.2, -0.15) is 4.58 Å². The van der Waals surface area contributed by atoms with E-state index in [9.17, 15) is 66.6 Å². The summed E-state index contributed by atoms with van der Waals surface area (Å²) in [5, 5.41) is 54.6. The van der Waals surface area contributed by atoms with E-state index in [1.54, 1.807) is 0 Å². The highest BCUT2D eigenvalue weighted by Crippen LogP contribution is 2.51. The van der Waals surface area contributed by atoms with E-state index in [0.29, 0.717) is 83.7 Å². The molecule has 2 aliphatic rings. The molecule has 0 saturated carbocycles. The number of unbranched alkanes of at least 4 members (excludes halogenated alkanes) is 8. The molecule has 2 heterocycles. The lowest BCUT2D eigenvalue weighted by molar-refractivity contribution is -0.438. The van der Waals surface area contributed by atoms with Crippen molar-refractivity contribution in [2.75, 3.05) is 36.8 Å². The van der Waals surface area contributed by atoms with Crippen LogP contribution in [-0.4, -0.2) is 141 Å². The Morgan fingerprint density at radius 2 is 1.04 bits per heavy atom. The van der Waals surface area contributed by atoms with E-state index in [2.05, 4.69) is 143 Å². The van der Waals surface area contributed by atoms with E-state index >= 15 is 0 Å².